The molecule has 0 heterocycles. The molecule has 1 aromatic rings. The zero-order chi connectivity index (χ0) is 14.7. The fraction of sp³-hybridized carbons (Fsp3) is 0.429. The summed E-state index contributed by atoms with van der Waals surface area (Å²) in [6, 6.07) is 4.58. The third kappa shape index (κ3) is 3.87. The van der Waals surface area contributed by atoms with Crippen molar-refractivity contribution in [2.24, 2.45) is 5.92 Å². The van der Waals surface area contributed by atoms with Crippen LogP contribution in [0.25, 0.3) is 0 Å². The molecule has 0 aromatic heterocycles. The molecule has 0 aliphatic heterocycles. The normalized spacial score (nSPS) is 15.5. The van der Waals surface area contributed by atoms with Crippen LogP contribution in [-0.2, 0) is 9.53 Å². The molecular weight excluding hydrogens is 280 g/mol. The first-order chi connectivity index (χ1) is 9.47. The molecular formula is C14H17ClN2O3. The molecule has 1 aliphatic rings. The summed E-state index contributed by atoms with van der Waals surface area (Å²) in [5, 5.41) is 3.18. The van der Waals surface area contributed by atoms with Crippen LogP contribution in [-0.4, -0.2) is 24.5 Å². The van der Waals surface area contributed by atoms with Crippen LogP contribution >= 0.6 is 11.6 Å². The first kappa shape index (κ1) is 14.7. The van der Waals surface area contributed by atoms with E-state index in [4.69, 9.17) is 22.1 Å². The topological polar surface area (TPSA) is 81.4 Å². The molecule has 0 saturated heterocycles. The number of halogens is 1. The number of benzene rings is 1. The molecule has 0 radical (unpaired) electrons. The number of ether oxygens (including phenoxy) is 1. The van der Waals surface area contributed by atoms with Gasteiger partial charge in [-0.3, -0.25) is 4.79 Å². The van der Waals surface area contributed by atoms with E-state index in [-0.39, 0.29) is 24.1 Å². The maximum Gasteiger partial charge on any atom is 0.338 e. The number of anilines is 1. The number of esters is 1. The van der Waals surface area contributed by atoms with Gasteiger partial charge in [0, 0.05) is 6.04 Å². The lowest BCUT2D eigenvalue weighted by Gasteiger charge is -2.12. The van der Waals surface area contributed by atoms with Gasteiger partial charge in [-0.05, 0) is 43.9 Å². The third-order valence-electron chi connectivity index (χ3n) is 3.28. The Morgan fingerprint density at radius 2 is 2.20 bits per heavy atom. The van der Waals surface area contributed by atoms with E-state index in [1.54, 1.807) is 0 Å². The highest BCUT2D eigenvalue weighted by molar-refractivity contribution is 6.33. The Kier molecular flexibility index (Phi) is 4.49. The van der Waals surface area contributed by atoms with Gasteiger partial charge in [-0.15, -0.1) is 0 Å². The summed E-state index contributed by atoms with van der Waals surface area (Å²) in [5.41, 5.74) is 6.17. The zero-order valence-corrected chi connectivity index (χ0v) is 11.9. The van der Waals surface area contributed by atoms with Gasteiger partial charge in [0.25, 0.3) is 5.91 Å². The minimum absolute atomic E-state index is 0.132. The van der Waals surface area contributed by atoms with Gasteiger partial charge in [0.2, 0.25) is 0 Å². The molecule has 108 valence electrons. The SMILES string of the molecule is C[C@H](NC(=O)COC(=O)c1ccc(Cl)c(N)c1)C1CC1. The molecule has 0 bridgehead atoms. The fourth-order valence-corrected chi connectivity index (χ4v) is 2.01. The van der Waals surface area contributed by atoms with Gasteiger partial charge in [-0.1, -0.05) is 11.6 Å². The van der Waals surface area contributed by atoms with Crippen LogP contribution in [0.2, 0.25) is 5.02 Å². The summed E-state index contributed by atoms with van der Waals surface area (Å²) in [4.78, 5) is 23.4. The number of nitrogen functional groups attached to an aromatic ring is 1. The van der Waals surface area contributed by atoms with Crippen molar-refractivity contribution in [1.82, 2.24) is 5.32 Å². The lowest BCUT2D eigenvalue weighted by Crippen LogP contribution is -2.37. The molecule has 1 aliphatic carbocycles. The smallest absolute Gasteiger partial charge is 0.338 e. The first-order valence-corrected chi connectivity index (χ1v) is 6.86. The minimum Gasteiger partial charge on any atom is -0.452 e. The summed E-state index contributed by atoms with van der Waals surface area (Å²) in [5.74, 6) is -0.326. The molecule has 1 aromatic carbocycles. The predicted molar refractivity (Wildman–Crippen MR) is 76.5 cm³/mol. The Balaban J connectivity index is 1.81. The Bertz CT molecular complexity index is 529. The predicted octanol–water partition coefficient (Wildman–Crippen LogP) is 1.99. The van der Waals surface area contributed by atoms with Crippen molar-refractivity contribution >= 4 is 29.2 Å². The summed E-state index contributed by atoms with van der Waals surface area (Å²) >= 11 is 5.76. The molecule has 1 atom stereocenters. The highest BCUT2D eigenvalue weighted by atomic mass is 35.5. The monoisotopic (exact) mass is 296 g/mol. The third-order valence-corrected chi connectivity index (χ3v) is 3.63. The fourth-order valence-electron chi connectivity index (χ4n) is 1.89. The van der Waals surface area contributed by atoms with Gasteiger partial charge < -0.3 is 15.8 Å². The summed E-state index contributed by atoms with van der Waals surface area (Å²) in [6.07, 6.45) is 2.29. The number of carbonyl (C=O) groups is 2. The second-order valence-electron chi connectivity index (χ2n) is 5.01. The highest BCUT2D eigenvalue weighted by Gasteiger charge is 2.29. The Morgan fingerprint density at radius 3 is 2.80 bits per heavy atom. The first-order valence-electron chi connectivity index (χ1n) is 6.49. The Hall–Kier alpha value is -1.75. The van der Waals surface area contributed by atoms with E-state index in [0.29, 0.717) is 16.6 Å². The van der Waals surface area contributed by atoms with Gasteiger partial charge in [0.1, 0.15) is 0 Å². The number of nitrogens with two attached hydrogens (primary N) is 1. The van der Waals surface area contributed by atoms with Gasteiger partial charge in [-0.2, -0.15) is 0 Å². The van der Waals surface area contributed by atoms with E-state index in [0.717, 1.165) is 12.8 Å². The molecule has 0 unspecified atom stereocenters. The van der Waals surface area contributed by atoms with Crippen LogP contribution in [0.5, 0.6) is 0 Å². The quantitative estimate of drug-likeness (QED) is 0.643. The number of hydrogen-bond donors (Lipinski definition) is 2. The Morgan fingerprint density at radius 1 is 1.50 bits per heavy atom. The molecule has 2 rings (SSSR count). The van der Waals surface area contributed by atoms with Crippen LogP contribution < -0.4 is 11.1 Å². The largest absolute Gasteiger partial charge is 0.452 e. The van der Waals surface area contributed by atoms with Gasteiger partial charge in [0.05, 0.1) is 16.3 Å². The number of nitrogens with one attached hydrogen (secondary N) is 1. The number of amides is 1. The minimum atomic E-state index is -0.595. The summed E-state index contributed by atoms with van der Waals surface area (Å²) in [6.45, 7) is 1.66. The molecule has 1 fully saturated rings. The van der Waals surface area contributed by atoms with Crippen LogP contribution in [0.15, 0.2) is 18.2 Å². The van der Waals surface area contributed by atoms with Crippen LogP contribution in [0.4, 0.5) is 5.69 Å². The molecule has 6 heteroatoms. The van der Waals surface area contributed by atoms with E-state index in [2.05, 4.69) is 5.32 Å². The van der Waals surface area contributed by atoms with Crippen LogP contribution in [0.1, 0.15) is 30.1 Å². The Labute approximate surface area is 122 Å². The highest BCUT2D eigenvalue weighted by Crippen LogP contribution is 2.32. The number of rotatable bonds is 5. The molecule has 0 spiro atoms. The molecule has 3 N–H and O–H groups in total. The summed E-state index contributed by atoms with van der Waals surface area (Å²) in [7, 11) is 0. The average Bonchev–Trinajstić information content (AvgIpc) is 3.23. The van der Waals surface area contributed by atoms with E-state index in [1.807, 2.05) is 6.92 Å². The van der Waals surface area contributed by atoms with Crippen LogP contribution in [0.3, 0.4) is 0 Å². The standard InChI is InChI=1S/C14H17ClN2O3/c1-8(9-2-3-9)17-13(18)7-20-14(19)10-4-5-11(15)12(16)6-10/h4-6,8-9H,2-3,7,16H2,1H3,(H,17,18)/t8-/m0/s1. The molecule has 20 heavy (non-hydrogen) atoms. The lowest BCUT2D eigenvalue weighted by molar-refractivity contribution is -0.124. The van der Waals surface area contributed by atoms with E-state index < -0.39 is 5.97 Å². The van der Waals surface area contributed by atoms with Gasteiger partial charge in [-0.25, -0.2) is 4.79 Å². The molecule has 5 nitrogen and oxygen atoms in total. The van der Waals surface area contributed by atoms with Crippen molar-refractivity contribution in [3.63, 3.8) is 0 Å². The maximum atomic E-state index is 11.7. The second kappa shape index (κ2) is 6.13. The lowest BCUT2D eigenvalue weighted by atomic mass is 10.2. The molecule has 1 saturated carbocycles. The van der Waals surface area contributed by atoms with Crippen LogP contribution in [0, 0.1) is 5.92 Å². The van der Waals surface area contributed by atoms with Crippen molar-refractivity contribution in [2.45, 2.75) is 25.8 Å². The van der Waals surface area contributed by atoms with Crippen molar-refractivity contribution in [3.05, 3.63) is 28.8 Å². The zero-order valence-electron chi connectivity index (χ0n) is 11.2. The van der Waals surface area contributed by atoms with Crippen molar-refractivity contribution < 1.29 is 14.3 Å². The van der Waals surface area contributed by atoms with E-state index >= 15 is 0 Å². The van der Waals surface area contributed by atoms with Crippen molar-refractivity contribution in [2.75, 3.05) is 12.3 Å². The number of carbonyl (C=O) groups excluding carboxylic acids is 2. The maximum absolute atomic E-state index is 11.7. The van der Waals surface area contributed by atoms with Crippen molar-refractivity contribution in [3.8, 4) is 0 Å². The van der Waals surface area contributed by atoms with E-state index in [1.165, 1.54) is 18.2 Å². The summed E-state index contributed by atoms with van der Waals surface area (Å²) < 4.78 is 4.94. The second-order valence-corrected chi connectivity index (χ2v) is 5.41. The molecule has 1 amide bonds. The number of hydrogen-bond acceptors (Lipinski definition) is 4. The van der Waals surface area contributed by atoms with Crippen molar-refractivity contribution in [1.29, 1.82) is 0 Å². The average molecular weight is 297 g/mol. The van der Waals surface area contributed by atoms with Gasteiger partial charge in [0.15, 0.2) is 6.61 Å². The van der Waals surface area contributed by atoms with E-state index in [9.17, 15) is 9.59 Å². The van der Waals surface area contributed by atoms with Gasteiger partial charge >= 0.3 is 5.97 Å².